The van der Waals surface area contributed by atoms with Gasteiger partial charge in [-0.15, -0.1) is 0 Å². The number of hydrazone groups is 1. The molecule has 0 atom stereocenters. The van der Waals surface area contributed by atoms with Crippen molar-refractivity contribution in [3.05, 3.63) is 65.5 Å². The van der Waals surface area contributed by atoms with E-state index in [1.807, 2.05) is 31.2 Å². The van der Waals surface area contributed by atoms with Crippen LogP contribution < -0.4 is 10.7 Å². The molecule has 108 valence electrons. The van der Waals surface area contributed by atoms with Gasteiger partial charge in [0, 0.05) is 11.3 Å². The monoisotopic (exact) mass is 301 g/mol. The number of hydrogen-bond donors (Lipinski definition) is 2. The Morgan fingerprint density at radius 2 is 1.76 bits per heavy atom. The molecule has 0 heterocycles. The fourth-order valence-corrected chi connectivity index (χ4v) is 1.97. The zero-order valence-corrected chi connectivity index (χ0v) is 12.7. The van der Waals surface area contributed by atoms with Gasteiger partial charge in [-0.25, -0.2) is 4.39 Å². The van der Waals surface area contributed by atoms with Gasteiger partial charge in [-0.05, 0) is 43.8 Å². The van der Waals surface area contributed by atoms with Crippen LogP contribution >= 0.6 is 12.2 Å². The number of nitrogens with zero attached hydrogens (tertiary/aromatic N) is 1. The molecule has 2 aromatic rings. The third-order valence-corrected chi connectivity index (χ3v) is 3.18. The largest absolute Gasteiger partial charge is 0.331 e. The lowest BCUT2D eigenvalue weighted by atomic mass is 10.1. The minimum atomic E-state index is -0.307. The fourth-order valence-electron chi connectivity index (χ4n) is 1.81. The predicted octanol–water partition coefficient (Wildman–Crippen LogP) is 3.84. The summed E-state index contributed by atoms with van der Waals surface area (Å²) in [6.07, 6.45) is 0. The highest BCUT2D eigenvalue weighted by molar-refractivity contribution is 7.80. The molecular formula is C16H16FN3S. The SMILES string of the molecule is C/C(=N/NC(=S)Nc1ccccc1C)c1ccccc1F. The van der Waals surface area contributed by atoms with Gasteiger partial charge >= 0.3 is 0 Å². The lowest BCUT2D eigenvalue weighted by molar-refractivity contribution is 0.625. The van der Waals surface area contributed by atoms with Crippen LogP contribution in [0.4, 0.5) is 10.1 Å². The van der Waals surface area contributed by atoms with E-state index in [4.69, 9.17) is 12.2 Å². The number of halogens is 1. The van der Waals surface area contributed by atoms with Crippen LogP contribution in [0, 0.1) is 12.7 Å². The molecule has 3 nitrogen and oxygen atoms in total. The smallest absolute Gasteiger partial charge is 0.191 e. The molecule has 0 bridgehead atoms. The second-order valence-corrected chi connectivity index (χ2v) is 4.97. The first-order chi connectivity index (χ1) is 10.1. The van der Waals surface area contributed by atoms with Crippen LogP contribution in [-0.2, 0) is 0 Å². The molecule has 0 aliphatic rings. The average molecular weight is 301 g/mol. The van der Waals surface area contributed by atoms with E-state index in [2.05, 4.69) is 15.8 Å². The average Bonchev–Trinajstić information content (AvgIpc) is 2.48. The molecular weight excluding hydrogens is 285 g/mol. The molecule has 0 aromatic heterocycles. The first-order valence-corrected chi connectivity index (χ1v) is 6.90. The lowest BCUT2D eigenvalue weighted by Crippen LogP contribution is -2.25. The minimum Gasteiger partial charge on any atom is -0.331 e. The van der Waals surface area contributed by atoms with Gasteiger partial charge in [0.25, 0.3) is 0 Å². The molecule has 0 saturated carbocycles. The highest BCUT2D eigenvalue weighted by Gasteiger charge is 2.04. The second kappa shape index (κ2) is 6.95. The van der Waals surface area contributed by atoms with E-state index in [1.165, 1.54) is 6.07 Å². The molecule has 0 unspecified atom stereocenters. The Bertz CT molecular complexity index is 683. The van der Waals surface area contributed by atoms with Gasteiger partial charge in [0.15, 0.2) is 5.11 Å². The van der Waals surface area contributed by atoms with E-state index < -0.39 is 0 Å². The van der Waals surface area contributed by atoms with E-state index in [0.717, 1.165) is 11.3 Å². The van der Waals surface area contributed by atoms with Gasteiger partial charge in [0.1, 0.15) is 5.82 Å². The Kier molecular flexibility index (Phi) is 5.00. The van der Waals surface area contributed by atoms with E-state index in [-0.39, 0.29) is 5.82 Å². The van der Waals surface area contributed by atoms with Crippen LogP contribution in [-0.4, -0.2) is 10.8 Å². The standard InChI is InChI=1S/C16H16FN3S/c1-11-7-3-6-10-15(11)18-16(21)20-19-12(2)13-8-4-5-9-14(13)17/h3-10H,1-2H3,(H2,18,20,21)/b19-12-. The number of hydrogen-bond acceptors (Lipinski definition) is 2. The quantitative estimate of drug-likeness (QED) is 0.514. The summed E-state index contributed by atoms with van der Waals surface area (Å²) in [7, 11) is 0. The summed E-state index contributed by atoms with van der Waals surface area (Å²) in [5.41, 5.74) is 5.69. The Morgan fingerprint density at radius 1 is 1.10 bits per heavy atom. The van der Waals surface area contributed by atoms with Crippen molar-refractivity contribution in [1.82, 2.24) is 5.43 Å². The van der Waals surface area contributed by atoms with Gasteiger partial charge in [0.2, 0.25) is 0 Å². The Labute approximate surface area is 128 Å². The van der Waals surface area contributed by atoms with Crippen molar-refractivity contribution < 1.29 is 4.39 Å². The van der Waals surface area contributed by atoms with Crippen molar-refractivity contribution in [3.63, 3.8) is 0 Å². The fraction of sp³-hybridized carbons (Fsp3) is 0.125. The van der Waals surface area contributed by atoms with E-state index >= 15 is 0 Å². The molecule has 0 spiro atoms. The van der Waals surface area contributed by atoms with Crippen molar-refractivity contribution >= 4 is 28.7 Å². The van der Waals surface area contributed by atoms with E-state index in [9.17, 15) is 4.39 Å². The molecule has 2 aromatic carbocycles. The summed E-state index contributed by atoms with van der Waals surface area (Å²) < 4.78 is 13.6. The normalized spacial score (nSPS) is 11.1. The molecule has 0 amide bonds. The Hall–Kier alpha value is -2.27. The van der Waals surface area contributed by atoms with Gasteiger partial charge in [-0.1, -0.05) is 36.4 Å². The molecule has 2 N–H and O–H groups in total. The van der Waals surface area contributed by atoms with Crippen LogP contribution in [0.25, 0.3) is 0 Å². The maximum Gasteiger partial charge on any atom is 0.191 e. The van der Waals surface area contributed by atoms with Crippen molar-refractivity contribution in [3.8, 4) is 0 Å². The Morgan fingerprint density at radius 3 is 2.48 bits per heavy atom. The number of benzene rings is 2. The molecule has 0 radical (unpaired) electrons. The van der Waals surface area contributed by atoms with Crippen molar-refractivity contribution in [2.24, 2.45) is 5.10 Å². The van der Waals surface area contributed by atoms with Crippen molar-refractivity contribution in [2.75, 3.05) is 5.32 Å². The summed E-state index contributed by atoms with van der Waals surface area (Å²) in [5.74, 6) is -0.307. The third-order valence-electron chi connectivity index (χ3n) is 2.98. The topological polar surface area (TPSA) is 36.4 Å². The van der Waals surface area contributed by atoms with Gasteiger partial charge in [-0.2, -0.15) is 5.10 Å². The number of para-hydroxylation sites is 1. The molecule has 0 saturated heterocycles. The minimum absolute atomic E-state index is 0.307. The van der Waals surface area contributed by atoms with Crippen LogP contribution in [0.3, 0.4) is 0 Å². The van der Waals surface area contributed by atoms with Crippen LogP contribution in [0.5, 0.6) is 0 Å². The molecule has 5 heteroatoms. The summed E-state index contributed by atoms with van der Waals surface area (Å²) >= 11 is 5.17. The molecule has 21 heavy (non-hydrogen) atoms. The van der Waals surface area contributed by atoms with Crippen LogP contribution in [0.1, 0.15) is 18.1 Å². The first kappa shape index (κ1) is 15.1. The van der Waals surface area contributed by atoms with Crippen molar-refractivity contribution in [2.45, 2.75) is 13.8 Å². The zero-order chi connectivity index (χ0) is 15.2. The molecule has 2 rings (SSSR count). The number of rotatable bonds is 3. The number of nitrogens with one attached hydrogen (secondary N) is 2. The van der Waals surface area contributed by atoms with Crippen LogP contribution in [0.2, 0.25) is 0 Å². The maximum atomic E-state index is 13.6. The second-order valence-electron chi connectivity index (χ2n) is 4.56. The zero-order valence-electron chi connectivity index (χ0n) is 11.9. The van der Waals surface area contributed by atoms with Gasteiger partial charge in [-0.3, -0.25) is 5.43 Å². The molecule has 0 aliphatic heterocycles. The highest BCUT2D eigenvalue weighted by Crippen LogP contribution is 2.12. The highest BCUT2D eigenvalue weighted by atomic mass is 32.1. The van der Waals surface area contributed by atoms with E-state index in [1.54, 1.807) is 25.1 Å². The van der Waals surface area contributed by atoms with Gasteiger partial charge in [0.05, 0.1) is 5.71 Å². The molecule has 0 aliphatic carbocycles. The molecule has 0 fully saturated rings. The lowest BCUT2D eigenvalue weighted by Gasteiger charge is -2.10. The predicted molar refractivity (Wildman–Crippen MR) is 89.1 cm³/mol. The number of thiocarbonyl (C=S) groups is 1. The number of aryl methyl sites for hydroxylation is 1. The summed E-state index contributed by atoms with van der Waals surface area (Å²) in [5, 5.41) is 7.52. The summed E-state index contributed by atoms with van der Waals surface area (Å²) in [6, 6.07) is 14.3. The van der Waals surface area contributed by atoms with Crippen LogP contribution in [0.15, 0.2) is 53.6 Å². The summed E-state index contributed by atoms with van der Waals surface area (Å²) in [6.45, 7) is 3.71. The first-order valence-electron chi connectivity index (χ1n) is 6.50. The maximum absolute atomic E-state index is 13.6. The third kappa shape index (κ3) is 4.10. The summed E-state index contributed by atoms with van der Waals surface area (Å²) in [4.78, 5) is 0. The van der Waals surface area contributed by atoms with E-state index in [0.29, 0.717) is 16.4 Å². The Balaban J connectivity index is 2.02. The van der Waals surface area contributed by atoms with Crippen molar-refractivity contribution in [1.29, 1.82) is 0 Å². The number of anilines is 1. The van der Waals surface area contributed by atoms with Gasteiger partial charge < -0.3 is 5.32 Å².